The molecule has 0 aliphatic rings. The van der Waals surface area contributed by atoms with Crippen molar-refractivity contribution in [2.75, 3.05) is 0 Å². The Kier molecular flexibility index (Phi) is 5.10. The summed E-state index contributed by atoms with van der Waals surface area (Å²) in [7, 11) is 0. The Balaban J connectivity index is 2.20. The summed E-state index contributed by atoms with van der Waals surface area (Å²) in [6, 6.07) is 12.3. The van der Waals surface area contributed by atoms with E-state index in [0.29, 0.717) is 21.4 Å². The topological polar surface area (TPSA) is 46.5 Å². The van der Waals surface area contributed by atoms with Gasteiger partial charge in [-0.3, -0.25) is 0 Å². The summed E-state index contributed by atoms with van der Waals surface area (Å²) in [6.45, 7) is 1.86. The van der Waals surface area contributed by atoms with E-state index in [1.54, 1.807) is 30.3 Å². The third-order valence-corrected chi connectivity index (χ3v) is 3.65. The standard InChI is InChI=1S/C16H14Cl2O3/c1-10-4-2-3-5-14(10)21-15(16(19)20)8-11-6-7-12(17)9-13(11)18/h2-7,9,15H,8H2,1H3,(H,19,20)/t15-/m1/s1. The Morgan fingerprint density at radius 1 is 1.24 bits per heavy atom. The largest absolute Gasteiger partial charge is 0.478 e. The number of aryl methyl sites for hydroxylation is 1. The SMILES string of the molecule is Cc1ccccc1O[C@H](Cc1ccc(Cl)cc1Cl)C(=O)O. The predicted molar refractivity (Wildman–Crippen MR) is 83.4 cm³/mol. The molecule has 2 aromatic rings. The number of carbonyl (C=O) groups is 1. The van der Waals surface area contributed by atoms with E-state index in [9.17, 15) is 9.90 Å². The van der Waals surface area contributed by atoms with Gasteiger partial charge in [0.25, 0.3) is 0 Å². The molecular weight excluding hydrogens is 311 g/mol. The Hall–Kier alpha value is -1.71. The zero-order valence-corrected chi connectivity index (χ0v) is 12.9. The van der Waals surface area contributed by atoms with Crippen LogP contribution < -0.4 is 4.74 Å². The third kappa shape index (κ3) is 4.13. The summed E-state index contributed by atoms with van der Waals surface area (Å²) in [4.78, 5) is 11.4. The van der Waals surface area contributed by atoms with Crippen molar-refractivity contribution in [1.82, 2.24) is 0 Å². The normalized spacial score (nSPS) is 12.0. The van der Waals surface area contributed by atoms with Gasteiger partial charge >= 0.3 is 5.97 Å². The van der Waals surface area contributed by atoms with Crippen LogP contribution in [0.5, 0.6) is 5.75 Å². The first-order valence-corrected chi connectivity index (χ1v) is 7.12. The average molecular weight is 325 g/mol. The number of rotatable bonds is 5. The van der Waals surface area contributed by atoms with Crippen molar-refractivity contribution in [3.05, 3.63) is 63.6 Å². The van der Waals surface area contributed by atoms with Crippen molar-refractivity contribution in [1.29, 1.82) is 0 Å². The summed E-state index contributed by atoms with van der Waals surface area (Å²) in [5.74, 6) is -0.487. The van der Waals surface area contributed by atoms with Crippen LogP contribution in [0, 0.1) is 6.92 Å². The zero-order chi connectivity index (χ0) is 15.4. The van der Waals surface area contributed by atoms with Crippen LogP contribution in [-0.2, 0) is 11.2 Å². The predicted octanol–water partition coefficient (Wildman–Crippen LogP) is 4.38. The lowest BCUT2D eigenvalue weighted by molar-refractivity contribution is -0.145. The average Bonchev–Trinajstić information content (AvgIpc) is 2.42. The maximum absolute atomic E-state index is 11.4. The maximum atomic E-state index is 11.4. The number of ether oxygens (including phenoxy) is 1. The molecule has 2 rings (SSSR count). The molecule has 5 heteroatoms. The minimum Gasteiger partial charge on any atom is -0.478 e. The first-order valence-electron chi connectivity index (χ1n) is 6.36. The molecular formula is C16H14Cl2O3. The lowest BCUT2D eigenvalue weighted by atomic mass is 10.1. The molecule has 21 heavy (non-hydrogen) atoms. The lowest BCUT2D eigenvalue weighted by Crippen LogP contribution is -2.29. The van der Waals surface area contributed by atoms with E-state index >= 15 is 0 Å². The fraction of sp³-hybridized carbons (Fsp3) is 0.188. The zero-order valence-electron chi connectivity index (χ0n) is 11.3. The molecule has 0 fully saturated rings. The van der Waals surface area contributed by atoms with Crippen LogP contribution in [0.1, 0.15) is 11.1 Å². The monoisotopic (exact) mass is 324 g/mol. The highest BCUT2D eigenvalue weighted by Gasteiger charge is 2.22. The van der Waals surface area contributed by atoms with Crippen molar-refractivity contribution in [2.45, 2.75) is 19.4 Å². The third-order valence-electron chi connectivity index (χ3n) is 3.06. The number of hydrogen-bond acceptors (Lipinski definition) is 2. The highest BCUT2D eigenvalue weighted by Crippen LogP contribution is 2.24. The molecule has 0 saturated heterocycles. The maximum Gasteiger partial charge on any atom is 0.345 e. The summed E-state index contributed by atoms with van der Waals surface area (Å²) < 4.78 is 5.60. The van der Waals surface area contributed by atoms with Gasteiger partial charge in [-0.2, -0.15) is 0 Å². The molecule has 2 aromatic carbocycles. The minimum atomic E-state index is -1.04. The van der Waals surface area contributed by atoms with Gasteiger partial charge in [0, 0.05) is 16.5 Å². The number of benzene rings is 2. The van der Waals surface area contributed by atoms with E-state index in [-0.39, 0.29) is 6.42 Å². The molecule has 0 unspecified atom stereocenters. The van der Waals surface area contributed by atoms with Gasteiger partial charge < -0.3 is 9.84 Å². The Bertz CT molecular complexity index is 656. The van der Waals surface area contributed by atoms with Gasteiger partial charge in [-0.1, -0.05) is 47.5 Å². The second-order valence-corrected chi connectivity index (χ2v) is 5.49. The van der Waals surface area contributed by atoms with Gasteiger partial charge in [0.15, 0.2) is 6.10 Å². The van der Waals surface area contributed by atoms with Crippen LogP contribution in [0.3, 0.4) is 0 Å². The first kappa shape index (κ1) is 15.7. The van der Waals surface area contributed by atoms with E-state index in [0.717, 1.165) is 5.56 Å². The van der Waals surface area contributed by atoms with Crippen LogP contribution in [0.2, 0.25) is 10.0 Å². The number of halogens is 2. The van der Waals surface area contributed by atoms with E-state index in [1.807, 2.05) is 19.1 Å². The molecule has 0 spiro atoms. The van der Waals surface area contributed by atoms with Gasteiger partial charge in [-0.25, -0.2) is 4.79 Å². The molecule has 0 bridgehead atoms. The minimum absolute atomic E-state index is 0.166. The highest BCUT2D eigenvalue weighted by atomic mass is 35.5. The Morgan fingerprint density at radius 2 is 1.95 bits per heavy atom. The van der Waals surface area contributed by atoms with Gasteiger partial charge in [-0.15, -0.1) is 0 Å². The van der Waals surface area contributed by atoms with E-state index < -0.39 is 12.1 Å². The fourth-order valence-corrected chi connectivity index (χ4v) is 2.39. The molecule has 0 aliphatic carbocycles. The lowest BCUT2D eigenvalue weighted by Gasteiger charge is -2.17. The van der Waals surface area contributed by atoms with E-state index in [1.165, 1.54) is 0 Å². The van der Waals surface area contributed by atoms with Crippen LogP contribution in [-0.4, -0.2) is 17.2 Å². The molecule has 1 atom stereocenters. The van der Waals surface area contributed by atoms with Gasteiger partial charge in [0.1, 0.15) is 5.75 Å². The Labute approximate surface area is 133 Å². The molecule has 0 radical (unpaired) electrons. The van der Waals surface area contributed by atoms with Crippen molar-refractivity contribution >= 4 is 29.2 Å². The molecule has 110 valence electrons. The van der Waals surface area contributed by atoms with Crippen LogP contribution in [0.15, 0.2) is 42.5 Å². The van der Waals surface area contributed by atoms with Crippen LogP contribution in [0.4, 0.5) is 0 Å². The summed E-state index contributed by atoms with van der Waals surface area (Å²) in [5.41, 5.74) is 1.56. The van der Waals surface area contributed by atoms with Gasteiger partial charge in [-0.05, 0) is 36.2 Å². The molecule has 0 heterocycles. The number of hydrogen-bond donors (Lipinski definition) is 1. The molecule has 3 nitrogen and oxygen atoms in total. The number of carboxylic acid groups (broad SMARTS) is 1. The number of aliphatic carboxylic acids is 1. The van der Waals surface area contributed by atoms with E-state index in [2.05, 4.69) is 0 Å². The van der Waals surface area contributed by atoms with Crippen molar-refractivity contribution in [2.24, 2.45) is 0 Å². The molecule has 0 saturated carbocycles. The second-order valence-electron chi connectivity index (χ2n) is 4.65. The van der Waals surface area contributed by atoms with Crippen molar-refractivity contribution < 1.29 is 14.6 Å². The number of carboxylic acids is 1. The summed E-state index contributed by atoms with van der Waals surface area (Å²) >= 11 is 11.9. The quantitative estimate of drug-likeness (QED) is 0.887. The number of para-hydroxylation sites is 1. The van der Waals surface area contributed by atoms with Gasteiger partial charge in [0.05, 0.1) is 0 Å². The highest BCUT2D eigenvalue weighted by molar-refractivity contribution is 6.35. The summed E-state index contributed by atoms with van der Waals surface area (Å²) in [5, 5.41) is 10.3. The summed E-state index contributed by atoms with van der Waals surface area (Å²) in [6.07, 6.45) is -0.843. The molecule has 0 aromatic heterocycles. The fourth-order valence-electron chi connectivity index (χ4n) is 1.91. The smallest absolute Gasteiger partial charge is 0.345 e. The van der Waals surface area contributed by atoms with Gasteiger partial charge in [0.2, 0.25) is 0 Å². The van der Waals surface area contributed by atoms with Crippen molar-refractivity contribution in [3.8, 4) is 5.75 Å². The molecule has 0 amide bonds. The first-order chi connectivity index (χ1) is 9.97. The second kappa shape index (κ2) is 6.83. The van der Waals surface area contributed by atoms with Crippen molar-refractivity contribution in [3.63, 3.8) is 0 Å². The van der Waals surface area contributed by atoms with Crippen LogP contribution >= 0.6 is 23.2 Å². The molecule has 0 aliphatic heterocycles. The van der Waals surface area contributed by atoms with E-state index in [4.69, 9.17) is 27.9 Å². The van der Waals surface area contributed by atoms with Crippen LogP contribution in [0.25, 0.3) is 0 Å². The Morgan fingerprint density at radius 3 is 2.57 bits per heavy atom. The molecule has 1 N–H and O–H groups in total.